The summed E-state index contributed by atoms with van der Waals surface area (Å²) in [5.41, 5.74) is 3.51. The number of amides is 1. The first-order valence-corrected chi connectivity index (χ1v) is 8.68. The lowest BCUT2D eigenvalue weighted by Crippen LogP contribution is -2.32. The highest BCUT2D eigenvalue weighted by Crippen LogP contribution is 2.28. The molecule has 0 saturated carbocycles. The molecule has 0 aromatic heterocycles. The molecule has 3 rings (SSSR count). The topological polar surface area (TPSA) is 38.8 Å². The fraction of sp³-hybridized carbons (Fsp3) is 0.381. The van der Waals surface area contributed by atoms with Crippen molar-refractivity contribution < 1.29 is 14.3 Å². The number of rotatable bonds is 5. The van der Waals surface area contributed by atoms with E-state index in [0.717, 1.165) is 36.6 Å². The number of hydrogen-bond acceptors (Lipinski definition) is 3. The summed E-state index contributed by atoms with van der Waals surface area (Å²) in [4.78, 5) is 14.4. The molecule has 0 N–H and O–H groups in total. The van der Waals surface area contributed by atoms with Crippen LogP contribution in [0.4, 0.5) is 0 Å². The number of carbonyl (C=O) groups excluding carboxylic acids is 1. The van der Waals surface area contributed by atoms with Crippen LogP contribution in [0.25, 0.3) is 0 Å². The van der Waals surface area contributed by atoms with Crippen LogP contribution >= 0.6 is 0 Å². The van der Waals surface area contributed by atoms with Crippen LogP contribution in [0, 0.1) is 13.8 Å². The largest absolute Gasteiger partial charge is 0.497 e. The quantitative estimate of drug-likeness (QED) is 0.834. The van der Waals surface area contributed by atoms with Crippen LogP contribution in [0.2, 0.25) is 0 Å². The van der Waals surface area contributed by atoms with E-state index in [1.165, 1.54) is 11.1 Å². The van der Waals surface area contributed by atoms with Gasteiger partial charge in [0.2, 0.25) is 0 Å². The monoisotopic (exact) mass is 339 g/mol. The Morgan fingerprint density at radius 1 is 1.16 bits per heavy atom. The molecular formula is C21H25NO3. The van der Waals surface area contributed by atoms with E-state index >= 15 is 0 Å². The van der Waals surface area contributed by atoms with E-state index in [1.54, 1.807) is 7.11 Å². The Balaban J connectivity index is 1.55. The van der Waals surface area contributed by atoms with Crippen LogP contribution < -0.4 is 9.47 Å². The van der Waals surface area contributed by atoms with Gasteiger partial charge < -0.3 is 14.4 Å². The van der Waals surface area contributed by atoms with Crippen LogP contribution in [0.5, 0.6) is 11.5 Å². The van der Waals surface area contributed by atoms with E-state index in [4.69, 9.17) is 9.47 Å². The van der Waals surface area contributed by atoms with E-state index in [2.05, 4.69) is 18.2 Å². The fourth-order valence-electron chi connectivity index (χ4n) is 3.33. The first-order valence-electron chi connectivity index (χ1n) is 8.68. The first kappa shape index (κ1) is 17.3. The molecule has 0 spiro atoms. The molecule has 4 heteroatoms. The molecule has 1 saturated heterocycles. The Morgan fingerprint density at radius 2 is 1.92 bits per heavy atom. The van der Waals surface area contributed by atoms with Gasteiger partial charge in [-0.15, -0.1) is 0 Å². The molecular weight excluding hydrogens is 314 g/mol. The van der Waals surface area contributed by atoms with E-state index in [1.807, 2.05) is 43.0 Å². The summed E-state index contributed by atoms with van der Waals surface area (Å²) in [6.45, 7) is 5.68. The normalized spacial score (nSPS) is 16.8. The molecule has 2 aromatic carbocycles. The summed E-state index contributed by atoms with van der Waals surface area (Å²) in [5, 5.41) is 0. The summed E-state index contributed by atoms with van der Waals surface area (Å²) in [5.74, 6) is 2.08. The lowest BCUT2D eigenvalue weighted by molar-refractivity contribution is -0.132. The average Bonchev–Trinajstić information content (AvgIpc) is 3.11. The summed E-state index contributed by atoms with van der Waals surface area (Å²) in [6, 6.07) is 14.1. The molecule has 1 amide bonds. The summed E-state index contributed by atoms with van der Waals surface area (Å²) < 4.78 is 10.9. The number of nitrogens with zero attached hydrogens (tertiary/aromatic N) is 1. The van der Waals surface area contributed by atoms with Gasteiger partial charge in [0.25, 0.3) is 5.91 Å². The molecule has 1 fully saturated rings. The Bertz CT molecular complexity index is 739. The second-order valence-corrected chi connectivity index (χ2v) is 6.66. The summed E-state index contributed by atoms with van der Waals surface area (Å²) in [7, 11) is 1.67. The van der Waals surface area contributed by atoms with Crippen LogP contribution in [-0.2, 0) is 4.79 Å². The Hall–Kier alpha value is -2.49. The van der Waals surface area contributed by atoms with Gasteiger partial charge in [0.1, 0.15) is 11.5 Å². The maximum atomic E-state index is 12.5. The van der Waals surface area contributed by atoms with Crippen LogP contribution in [0.1, 0.15) is 29.0 Å². The molecule has 1 unspecified atom stereocenters. The van der Waals surface area contributed by atoms with Crippen molar-refractivity contribution >= 4 is 5.91 Å². The van der Waals surface area contributed by atoms with Crippen molar-refractivity contribution in [3.8, 4) is 11.5 Å². The van der Waals surface area contributed by atoms with Gasteiger partial charge in [-0.2, -0.15) is 0 Å². The van der Waals surface area contributed by atoms with Gasteiger partial charge in [-0.1, -0.05) is 29.8 Å². The highest BCUT2D eigenvalue weighted by Gasteiger charge is 2.27. The molecule has 2 aromatic rings. The second kappa shape index (κ2) is 7.60. The van der Waals surface area contributed by atoms with Crippen molar-refractivity contribution in [1.82, 2.24) is 4.90 Å². The lowest BCUT2D eigenvalue weighted by Gasteiger charge is -2.18. The number of aryl methyl sites for hydroxylation is 2. The predicted octanol–water partition coefficient (Wildman–Crippen LogP) is 3.71. The van der Waals surface area contributed by atoms with Crippen molar-refractivity contribution in [2.45, 2.75) is 26.2 Å². The van der Waals surface area contributed by atoms with Crippen molar-refractivity contribution in [2.75, 3.05) is 26.8 Å². The number of likely N-dealkylation sites (tertiary alicyclic amines) is 1. The zero-order valence-corrected chi connectivity index (χ0v) is 15.1. The van der Waals surface area contributed by atoms with Crippen molar-refractivity contribution in [3.63, 3.8) is 0 Å². The van der Waals surface area contributed by atoms with Crippen molar-refractivity contribution in [1.29, 1.82) is 0 Å². The minimum absolute atomic E-state index is 0.0518. The van der Waals surface area contributed by atoms with Gasteiger partial charge >= 0.3 is 0 Å². The summed E-state index contributed by atoms with van der Waals surface area (Å²) >= 11 is 0. The standard InChI is InChI=1S/C21H25NO3/c1-15-4-9-20(16(2)12-15)25-14-21(23)22-11-10-18(13-22)17-5-7-19(24-3)8-6-17/h4-9,12,18H,10-11,13-14H2,1-3H3. The molecule has 0 aliphatic carbocycles. The van der Waals surface area contributed by atoms with E-state index in [9.17, 15) is 4.79 Å². The van der Waals surface area contributed by atoms with Crippen LogP contribution in [0.15, 0.2) is 42.5 Å². The predicted molar refractivity (Wildman–Crippen MR) is 98.3 cm³/mol. The molecule has 1 atom stereocenters. The smallest absolute Gasteiger partial charge is 0.260 e. The van der Waals surface area contributed by atoms with Gasteiger partial charge in [-0.25, -0.2) is 0 Å². The van der Waals surface area contributed by atoms with Gasteiger partial charge in [-0.05, 0) is 49.6 Å². The molecule has 0 radical (unpaired) electrons. The fourth-order valence-corrected chi connectivity index (χ4v) is 3.33. The average molecular weight is 339 g/mol. The second-order valence-electron chi connectivity index (χ2n) is 6.66. The molecule has 1 heterocycles. The van der Waals surface area contributed by atoms with E-state index in [-0.39, 0.29) is 12.5 Å². The highest BCUT2D eigenvalue weighted by atomic mass is 16.5. The van der Waals surface area contributed by atoms with E-state index < -0.39 is 0 Å². The molecule has 25 heavy (non-hydrogen) atoms. The molecule has 4 nitrogen and oxygen atoms in total. The highest BCUT2D eigenvalue weighted by molar-refractivity contribution is 5.78. The van der Waals surface area contributed by atoms with Crippen LogP contribution in [0.3, 0.4) is 0 Å². The number of benzene rings is 2. The number of methoxy groups -OCH3 is 1. The molecule has 1 aliphatic heterocycles. The Kier molecular flexibility index (Phi) is 5.27. The van der Waals surface area contributed by atoms with E-state index in [0.29, 0.717) is 5.92 Å². The van der Waals surface area contributed by atoms with Crippen LogP contribution in [-0.4, -0.2) is 37.6 Å². The number of ether oxygens (including phenoxy) is 2. The molecule has 132 valence electrons. The van der Waals surface area contributed by atoms with Crippen molar-refractivity contribution in [3.05, 3.63) is 59.2 Å². The third-order valence-corrected chi connectivity index (χ3v) is 4.81. The zero-order chi connectivity index (χ0) is 17.8. The number of hydrogen-bond donors (Lipinski definition) is 0. The van der Waals surface area contributed by atoms with Gasteiger partial charge in [0.05, 0.1) is 7.11 Å². The molecule has 0 bridgehead atoms. The first-order chi connectivity index (χ1) is 12.1. The minimum Gasteiger partial charge on any atom is -0.497 e. The maximum Gasteiger partial charge on any atom is 0.260 e. The zero-order valence-electron chi connectivity index (χ0n) is 15.1. The van der Waals surface area contributed by atoms with Gasteiger partial charge in [-0.3, -0.25) is 4.79 Å². The third kappa shape index (κ3) is 4.13. The van der Waals surface area contributed by atoms with Crippen molar-refractivity contribution in [2.24, 2.45) is 0 Å². The minimum atomic E-state index is 0.0518. The molecule has 1 aliphatic rings. The lowest BCUT2D eigenvalue weighted by atomic mass is 9.98. The Morgan fingerprint density at radius 3 is 2.60 bits per heavy atom. The third-order valence-electron chi connectivity index (χ3n) is 4.81. The van der Waals surface area contributed by atoms with Gasteiger partial charge in [0.15, 0.2) is 6.61 Å². The maximum absolute atomic E-state index is 12.5. The SMILES string of the molecule is COc1ccc(C2CCN(C(=O)COc3ccc(C)cc3C)C2)cc1. The Labute approximate surface area is 149 Å². The summed E-state index contributed by atoms with van der Waals surface area (Å²) in [6.07, 6.45) is 0.988. The number of carbonyl (C=O) groups is 1. The van der Waals surface area contributed by atoms with Gasteiger partial charge in [0, 0.05) is 19.0 Å².